The van der Waals surface area contributed by atoms with Crippen LogP contribution in [0.15, 0.2) is 23.3 Å². The zero-order valence-corrected chi connectivity index (χ0v) is 27.7. The maximum atomic E-state index is 15.7. The Balaban J connectivity index is 2.30. The molecule has 0 spiro atoms. The molecule has 2 atom stereocenters. The van der Waals surface area contributed by atoms with Gasteiger partial charge in [0.1, 0.15) is 33.4 Å². The molecule has 0 bridgehead atoms. The quantitative estimate of drug-likeness (QED) is 0.124. The second-order valence-corrected chi connectivity index (χ2v) is 13.9. The number of anilines is 1. The minimum absolute atomic E-state index is 0.00689. The van der Waals surface area contributed by atoms with E-state index in [1.807, 2.05) is 20.8 Å². The van der Waals surface area contributed by atoms with Gasteiger partial charge in [-0.2, -0.15) is 5.10 Å². The first-order chi connectivity index (χ1) is 20.2. The van der Waals surface area contributed by atoms with Crippen molar-refractivity contribution in [2.75, 3.05) is 31.7 Å². The second kappa shape index (κ2) is 14.9. The van der Waals surface area contributed by atoms with E-state index in [0.29, 0.717) is 0 Å². The Morgan fingerprint density at radius 2 is 1.66 bits per heavy atom. The molecule has 15 heteroatoms. The molecule has 2 N–H and O–H groups in total. The molecular weight excluding hydrogens is 599 g/mol. The number of nitrogens with zero attached hydrogens (tertiary/aromatic N) is 2. The highest BCUT2D eigenvalue weighted by molar-refractivity contribution is 8.15. The molecule has 0 saturated carbocycles. The molecule has 1 heterocycles. The van der Waals surface area contributed by atoms with E-state index in [1.165, 1.54) is 24.1 Å². The molecule has 246 valence electrons. The summed E-state index contributed by atoms with van der Waals surface area (Å²) >= 11 is 0.825. The van der Waals surface area contributed by atoms with E-state index in [4.69, 9.17) is 23.7 Å². The van der Waals surface area contributed by atoms with Crippen molar-refractivity contribution >= 4 is 46.7 Å². The largest absolute Gasteiger partial charge is 0.468 e. The van der Waals surface area contributed by atoms with E-state index in [-0.39, 0.29) is 36.0 Å². The van der Waals surface area contributed by atoms with Crippen LogP contribution in [0, 0.1) is 5.82 Å². The van der Waals surface area contributed by atoms with Gasteiger partial charge in [0, 0.05) is 5.56 Å². The standard InChI is InChI=1S/C29H43FN4O9S/c1-27(2,3)40-16-21(23(35)39-10)44-22(32-33-25(37)43-29(7,8)9)19-12-11-17(13-20(19)30)34-15-18(41-26(34)38)14-31-24(36)42-28(4,5)6/h11-13,18,21H,14-16H2,1-10H3,(H,31,36)(H,33,37)/b32-22-/t18-,21?/m0/s1. The lowest BCUT2D eigenvalue weighted by Gasteiger charge is -2.23. The zero-order valence-electron chi connectivity index (χ0n) is 26.9. The topological polar surface area (TPSA) is 154 Å². The number of amides is 3. The molecule has 0 aromatic heterocycles. The van der Waals surface area contributed by atoms with Crippen molar-refractivity contribution in [1.82, 2.24) is 10.7 Å². The Morgan fingerprint density at radius 1 is 1.05 bits per heavy atom. The minimum Gasteiger partial charge on any atom is -0.468 e. The van der Waals surface area contributed by atoms with E-state index in [2.05, 4.69) is 15.8 Å². The van der Waals surface area contributed by atoms with Gasteiger partial charge in [-0.1, -0.05) is 11.8 Å². The number of thioether (sulfide) groups is 1. The fourth-order valence-electron chi connectivity index (χ4n) is 3.48. The first-order valence-corrected chi connectivity index (χ1v) is 14.8. The Kier molecular flexibility index (Phi) is 12.4. The number of methoxy groups -OCH3 is 1. The van der Waals surface area contributed by atoms with Crippen molar-refractivity contribution in [2.45, 2.75) is 90.5 Å². The molecule has 1 aliphatic heterocycles. The number of rotatable bonds is 9. The van der Waals surface area contributed by atoms with Gasteiger partial charge in [0.05, 0.1) is 38.1 Å². The summed E-state index contributed by atoms with van der Waals surface area (Å²) in [4.78, 5) is 50.7. The summed E-state index contributed by atoms with van der Waals surface area (Å²) in [5.41, 5.74) is 0.244. The van der Waals surface area contributed by atoms with Crippen LogP contribution in [-0.2, 0) is 28.5 Å². The van der Waals surface area contributed by atoms with E-state index < -0.39 is 58.2 Å². The number of hydrogen-bond acceptors (Lipinski definition) is 11. The molecule has 0 aliphatic carbocycles. The number of nitrogens with one attached hydrogen (secondary N) is 2. The summed E-state index contributed by atoms with van der Waals surface area (Å²) < 4.78 is 42.1. The van der Waals surface area contributed by atoms with Gasteiger partial charge < -0.3 is 29.0 Å². The number of esters is 1. The van der Waals surface area contributed by atoms with E-state index in [1.54, 1.807) is 41.5 Å². The number of ether oxygens (including phenoxy) is 5. The Hall–Kier alpha value is -3.59. The summed E-state index contributed by atoms with van der Waals surface area (Å²) in [6.07, 6.45) is -2.98. The average molecular weight is 643 g/mol. The van der Waals surface area contributed by atoms with Gasteiger partial charge in [0.15, 0.2) is 0 Å². The number of cyclic esters (lactones) is 1. The predicted octanol–water partition coefficient (Wildman–Crippen LogP) is 4.95. The first-order valence-electron chi connectivity index (χ1n) is 13.9. The van der Waals surface area contributed by atoms with Crippen molar-refractivity contribution in [2.24, 2.45) is 5.10 Å². The lowest BCUT2D eigenvalue weighted by atomic mass is 10.2. The van der Waals surface area contributed by atoms with Crippen LogP contribution in [0.2, 0.25) is 0 Å². The van der Waals surface area contributed by atoms with Gasteiger partial charge in [-0.25, -0.2) is 24.2 Å². The number of carbonyl (C=O) groups excluding carboxylic acids is 4. The molecule has 13 nitrogen and oxygen atoms in total. The van der Waals surface area contributed by atoms with Gasteiger partial charge in [-0.05, 0) is 80.5 Å². The maximum Gasteiger partial charge on any atom is 0.428 e. The number of alkyl carbamates (subject to hydrolysis) is 1. The molecular formula is C29H43FN4O9S. The predicted molar refractivity (Wildman–Crippen MR) is 163 cm³/mol. The minimum atomic E-state index is -0.968. The molecule has 44 heavy (non-hydrogen) atoms. The summed E-state index contributed by atoms with van der Waals surface area (Å²) in [6, 6.07) is 3.92. The van der Waals surface area contributed by atoms with Crippen LogP contribution < -0.4 is 15.6 Å². The van der Waals surface area contributed by atoms with Crippen LogP contribution in [0.4, 0.5) is 24.5 Å². The summed E-state index contributed by atoms with van der Waals surface area (Å²) in [7, 11) is 1.21. The molecule has 1 aromatic rings. The van der Waals surface area contributed by atoms with Crippen LogP contribution in [-0.4, -0.2) is 84.3 Å². The molecule has 2 rings (SSSR count). The number of halogens is 1. The van der Waals surface area contributed by atoms with Gasteiger partial charge in [-0.15, -0.1) is 0 Å². The monoisotopic (exact) mass is 642 g/mol. The van der Waals surface area contributed by atoms with Crippen molar-refractivity contribution in [3.63, 3.8) is 0 Å². The fraction of sp³-hybridized carbons (Fsp3) is 0.621. The zero-order chi connectivity index (χ0) is 33.5. The molecule has 1 unspecified atom stereocenters. The highest BCUT2D eigenvalue weighted by atomic mass is 32.2. The lowest BCUT2D eigenvalue weighted by molar-refractivity contribution is -0.142. The van der Waals surface area contributed by atoms with E-state index in [9.17, 15) is 19.2 Å². The van der Waals surface area contributed by atoms with Crippen molar-refractivity contribution in [1.29, 1.82) is 0 Å². The summed E-state index contributed by atoms with van der Waals surface area (Å²) in [5.74, 6) is -1.45. The van der Waals surface area contributed by atoms with Gasteiger partial charge in [-0.3, -0.25) is 9.69 Å². The first kappa shape index (κ1) is 36.6. The molecule has 3 amide bonds. The molecule has 1 fully saturated rings. The second-order valence-electron chi connectivity index (χ2n) is 12.7. The number of carbonyl (C=O) groups is 4. The van der Waals surface area contributed by atoms with Crippen LogP contribution in [0.1, 0.15) is 67.9 Å². The van der Waals surface area contributed by atoms with Crippen molar-refractivity contribution < 1.29 is 47.3 Å². The highest BCUT2D eigenvalue weighted by Crippen LogP contribution is 2.28. The molecule has 1 saturated heterocycles. The smallest absolute Gasteiger partial charge is 0.428 e. The Morgan fingerprint density at radius 3 is 2.20 bits per heavy atom. The van der Waals surface area contributed by atoms with Crippen molar-refractivity contribution in [3.05, 3.63) is 29.6 Å². The van der Waals surface area contributed by atoms with Crippen LogP contribution in [0.25, 0.3) is 0 Å². The number of hydrazone groups is 1. The third-order valence-corrected chi connectivity index (χ3v) is 6.42. The van der Waals surface area contributed by atoms with Gasteiger partial charge in [0.2, 0.25) is 0 Å². The van der Waals surface area contributed by atoms with Gasteiger partial charge >= 0.3 is 24.2 Å². The molecule has 1 aromatic carbocycles. The summed E-state index contributed by atoms with van der Waals surface area (Å²) in [5, 5.41) is 5.56. The maximum absolute atomic E-state index is 15.7. The van der Waals surface area contributed by atoms with E-state index >= 15 is 4.39 Å². The number of benzene rings is 1. The SMILES string of the molecule is COC(=O)C(COC(C)(C)C)S/C(=N\NC(=O)OC(C)(C)C)c1ccc(N2C[C@H](CNC(=O)OC(C)(C)C)OC2=O)cc1F. The average Bonchev–Trinajstić information content (AvgIpc) is 3.24. The molecule has 0 radical (unpaired) electrons. The molecule has 1 aliphatic rings. The fourth-order valence-corrected chi connectivity index (χ4v) is 4.47. The Bertz CT molecular complexity index is 1240. The van der Waals surface area contributed by atoms with Crippen molar-refractivity contribution in [3.8, 4) is 0 Å². The van der Waals surface area contributed by atoms with Crippen LogP contribution in [0.3, 0.4) is 0 Å². The summed E-state index contributed by atoms with van der Waals surface area (Å²) in [6.45, 7) is 15.5. The van der Waals surface area contributed by atoms with Gasteiger partial charge in [0.25, 0.3) is 0 Å². The lowest BCUT2D eigenvalue weighted by Crippen LogP contribution is -2.38. The van der Waals surface area contributed by atoms with Crippen LogP contribution >= 0.6 is 11.8 Å². The third kappa shape index (κ3) is 12.6. The van der Waals surface area contributed by atoms with E-state index in [0.717, 1.165) is 17.8 Å². The highest BCUT2D eigenvalue weighted by Gasteiger charge is 2.34. The normalized spacial score (nSPS) is 16.6. The third-order valence-electron chi connectivity index (χ3n) is 5.28. The van der Waals surface area contributed by atoms with Crippen LogP contribution in [0.5, 0.6) is 0 Å². The number of hydrogen-bond donors (Lipinski definition) is 2. The Labute approximate surface area is 261 Å².